The monoisotopic (exact) mass is 242 g/mol. The van der Waals surface area contributed by atoms with Crippen molar-refractivity contribution < 1.29 is 0 Å². The van der Waals surface area contributed by atoms with E-state index in [1.807, 2.05) is 0 Å². The van der Waals surface area contributed by atoms with Gasteiger partial charge in [-0.15, -0.1) is 0 Å². The topological polar surface area (TPSA) is 16.3 Å². The van der Waals surface area contributed by atoms with Crippen molar-refractivity contribution in [3.8, 4) is 0 Å². The third-order valence-electron chi connectivity index (χ3n) is 3.55. The first kappa shape index (κ1) is 11.0. The third kappa shape index (κ3) is 1.53. The summed E-state index contributed by atoms with van der Waals surface area (Å²) in [5.74, 6) is 2.41. The second-order valence-corrected chi connectivity index (χ2v) is 4.70. The van der Waals surface area contributed by atoms with Crippen LogP contribution in [0.4, 0.5) is 11.6 Å². The summed E-state index contributed by atoms with van der Waals surface area (Å²) in [6.45, 7) is 2.21. The van der Waals surface area contributed by atoms with Crippen LogP contribution in [-0.4, -0.2) is 15.3 Å². The maximum Gasteiger partial charge on any atom is 0.114 e. The van der Waals surface area contributed by atoms with Crippen molar-refractivity contribution in [1.82, 2.24) is 9.13 Å². The highest BCUT2D eigenvalue weighted by atomic mass is 15.4. The summed E-state index contributed by atoms with van der Waals surface area (Å²) < 4.78 is 4.27. The summed E-state index contributed by atoms with van der Waals surface area (Å²) in [6.07, 6.45) is 8.69. The minimum absolute atomic E-state index is 0.284. The zero-order chi connectivity index (χ0) is 12.7. The molecule has 0 aromatic carbocycles. The van der Waals surface area contributed by atoms with E-state index in [1.165, 1.54) is 11.6 Å². The van der Waals surface area contributed by atoms with E-state index in [0.717, 1.165) is 0 Å². The highest BCUT2D eigenvalue weighted by molar-refractivity contribution is 5.56. The Morgan fingerprint density at radius 3 is 1.61 bits per heavy atom. The number of hydrogen-bond acceptors (Lipinski definition) is 2. The maximum atomic E-state index is 2.27. The van der Waals surface area contributed by atoms with Gasteiger partial charge in [-0.25, -0.2) is 0 Å². The van der Waals surface area contributed by atoms with Gasteiger partial charge in [-0.2, -0.15) is 0 Å². The van der Waals surface area contributed by atoms with Crippen LogP contribution in [0.1, 0.15) is 6.92 Å². The second kappa shape index (κ2) is 3.98. The number of aryl methyl sites for hydroxylation is 2. The quantitative estimate of drug-likeness (QED) is 0.804. The van der Waals surface area contributed by atoms with Gasteiger partial charge in [-0.3, -0.25) is 0 Å². The molecule has 3 rings (SSSR count). The Labute approximate surface area is 107 Å². The first-order valence-electron chi connectivity index (χ1n) is 6.16. The molecule has 18 heavy (non-hydrogen) atoms. The molecule has 1 aliphatic rings. The molecule has 3 heterocycles. The summed E-state index contributed by atoms with van der Waals surface area (Å²) in [5, 5.41) is 0. The summed E-state index contributed by atoms with van der Waals surface area (Å²) in [6, 6.07) is 8.41. The smallest absolute Gasteiger partial charge is 0.114 e. The Balaban J connectivity index is 1.91. The van der Waals surface area contributed by atoms with Crippen LogP contribution in [0.25, 0.3) is 0 Å². The molecule has 0 unspecified atom stereocenters. The van der Waals surface area contributed by atoms with Crippen molar-refractivity contribution in [3.63, 3.8) is 0 Å². The normalized spacial score (nSPS) is 15.9. The van der Waals surface area contributed by atoms with Crippen molar-refractivity contribution in [1.29, 1.82) is 0 Å². The van der Waals surface area contributed by atoms with E-state index in [2.05, 4.69) is 89.0 Å². The number of nitrogens with zero attached hydrogens (tertiary/aromatic N) is 4. The fourth-order valence-corrected chi connectivity index (χ4v) is 2.50. The summed E-state index contributed by atoms with van der Waals surface area (Å²) in [7, 11) is 4.14. The average Bonchev–Trinajstić information content (AvgIpc) is 3.01. The van der Waals surface area contributed by atoms with E-state index < -0.39 is 0 Å². The Morgan fingerprint density at radius 2 is 1.28 bits per heavy atom. The SMILES string of the molecule is CC1N(c2cccn2C)C=CN1c1cccn1C. The molecule has 4 heteroatoms. The number of hydrogen-bond donors (Lipinski definition) is 0. The summed E-state index contributed by atoms with van der Waals surface area (Å²) in [4.78, 5) is 4.54. The van der Waals surface area contributed by atoms with Crippen LogP contribution in [0.3, 0.4) is 0 Å². The van der Waals surface area contributed by atoms with Gasteiger partial charge in [0.1, 0.15) is 17.8 Å². The molecule has 0 saturated carbocycles. The molecule has 0 atom stereocenters. The molecule has 0 aliphatic carbocycles. The lowest BCUT2D eigenvalue weighted by Crippen LogP contribution is -2.37. The minimum atomic E-state index is 0.284. The van der Waals surface area contributed by atoms with E-state index in [-0.39, 0.29) is 6.17 Å². The summed E-state index contributed by atoms with van der Waals surface area (Å²) in [5.41, 5.74) is 0. The molecule has 94 valence electrons. The average molecular weight is 242 g/mol. The van der Waals surface area contributed by atoms with E-state index >= 15 is 0 Å². The lowest BCUT2D eigenvalue weighted by atomic mass is 10.4. The van der Waals surface area contributed by atoms with Gasteiger partial charge in [0.05, 0.1) is 0 Å². The van der Waals surface area contributed by atoms with Crippen LogP contribution in [-0.2, 0) is 14.1 Å². The van der Waals surface area contributed by atoms with Crippen molar-refractivity contribution in [2.45, 2.75) is 13.1 Å². The molecule has 0 saturated heterocycles. The van der Waals surface area contributed by atoms with E-state index in [0.29, 0.717) is 0 Å². The van der Waals surface area contributed by atoms with E-state index in [1.54, 1.807) is 0 Å². The predicted molar refractivity (Wildman–Crippen MR) is 74.4 cm³/mol. The van der Waals surface area contributed by atoms with Crippen molar-refractivity contribution in [3.05, 3.63) is 49.1 Å². The molecule has 4 nitrogen and oxygen atoms in total. The molecule has 0 bridgehead atoms. The molecule has 0 spiro atoms. The van der Waals surface area contributed by atoms with Crippen LogP contribution in [0, 0.1) is 0 Å². The predicted octanol–water partition coefficient (Wildman–Crippen LogP) is 2.51. The van der Waals surface area contributed by atoms with Gasteiger partial charge in [0, 0.05) is 38.9 Å². The standard InChI is InChI=1S/C14H18N4/c1-12-17(13-6-4-8-15(13)2)10-11-18(12)14-7-5-9-16(14)3/h4-12H,1-3H3. The van der Waals surface area contributed by atoms with Gasteiger partial charge >= 0.3 is 0 Å². The summed E-state index contributed by atoms with van der Waals surface area (Å²) >= 11 is 0. The number of rotatable bonds is 2. The fraction of sp³-hybridized carbons (Fsp3) is 0.286. The first-order chi connectivity index (χ1) is 8.68. The van der Waals surface area contributed by atoms with Gasteiger partial charge in [0.25, 0.3) is 0 Å². The molecule has 2 aromatic rings. The molecule has 0 fully saturated rings. The maximum absolute atomic E-state index is 2.27. The van der Waals surface area contributed by atoms with E-state index in [4.69, 9.17) is 0 Å². The Kier molecular flexibility index (Phi) is 2.44. The molecule has 1 aliphatic heterocycles. The Hall–Kier alpha value is -2.10. The second-order valence-electron chi connectivity index (χ2n) is 4.70. The van der Waals surface area contributed by atoms with Gasteiger partial charge < -0.3 is 18.9 Å². The fourth-order valence-electron chi connectivity index (χ4n) is 2.50. The third-order valence-corrected chi connectivity index (χ3v) is 3.55. The lowest BCUT2D eigenvalue weighted by molar-refractivity contribution is 0.703. The van der Waals surface area contributed by atoms with E-state index in [9.17, 15) is 0 Å². The van der Waals surface area contributed by atoms with Crippen LogP contribution in [0.5, 0.6) is 0 Å². The first-order valence-corrected chi connectivity index (χ1v) is 6.16. The van der Waals surface area contributed by atoms with Gasteiger partial charge in [0.2, 0.25) is 0 Å². The largest absolute Gasteiger partial charge is 0.337 e. The van der Waals surface area contributed by atoms with Crippen molar-refractivity contribution in [2.24, 2.45) is 14.1 Å². The minimum Gasteiger partial charge on any atom is -0.337 e. The zero-order valence-electron chi connectivity index (χ0n) is 11.0. The van der Waals surface area contributed by atoms with Crippen LogP contribution in [0.15, 0.2) is 49.1 Å². The van der Waals surface area contributed by atoms with Gasteiger partial charge in [-0.05, 0) is 31.2 Å². The molecule has 0 N–H and O–H groups in total. The van der Waals surface area contributed by atoms with Crippen LogP contribution >= 0.6 is 0 Å². The van der Waals surface area contributed by atoms with Crippen molar-refractivity contribution in [2.75, 3.05) is 9.80 Å². The highest BCUT2D eigenvalue weighted by Crippen LogP contribution is 2.28. The Bertz CT molecular complexity index is 528. The Morgan fingerprint density at radius 1 is 0.833 bits per heavy atom. The molecule has 0 amide bonds. The highest BCUT2D eigenvalue weighted by Gasteiger charge is 2.26. The molecular formula is C14H18N4. The van der Waals surface area contributed by atoms with Crippen LogP contribution < -0.4 is 9.80 Å². The van der Waals surface area contributed by atoms with Crippen molar-refractivity contribution >= 4 is 11.6 Å². The molecular weight excluding hydrogens is 224 g/mol. The van der Waals surface area contributed by atoms with Gasteiger partial charge in [0.15, 0.2) is 0 Å². The number of anilines is 2. The van der Waals surface area contributed by atoms with Crippen LogP contribution in [0.2, 0.25) is 0 Å². The lowest BCUT2D eigenvalue weighted by Gasteiger charge is -2.29. The zero-order valence-corrected chi connectivity index (χ0v) is 11.0. The number of aromatic nitrogens is 2. The van der Waals surface area contributed by atoms with Gasteiger partial charge in [-0.1, -0.05) is 0 Å². The molecule has 2 aromatic heterocycles. The molecule has 0 radical (unpaired) electrons.